The molecule has 6 heteroatoms. The molecule has 0 aliphatic carbocycles. The second kappa shape index (κ2) is 9.98. The fourth-order valence-corrected chi connectivity index (χ4v) is 3.91. The van der Waals surface area contributed by atoms with Crippen molar-refractivity contribution in [1.82, 2.24) is 10.6 Å². The molecule has 0 aliphatic heterocycles. The van der Waals surface area contributed by atoms with Crippen LogP contribution in [0.5, 0.6) is 0 Å². The van der Waals surface area contributed by atoms with Crippen LogP contribution in [0.4, 0.5) is 0 Å². The van der Waals surface area contributed by atoms with Crippen LogP contribution in [0.3, 0.4) is 0 Å². The van der Waals surface area contributed by atoms with Crippen LogP contribution in [-0.4, -0.2) is 24.1 Å². The summed E-state index contributed by atoms with van der Waals surface area (Å²) in [6, 6.07) is 17.6. The number of rotatable bonds is 9. The summed E-state index contributed by atoms with van der Waals surface area (Å²) in [4.78, 5) is 36.7. The van der Waals surface area contributed by atoms with Crippen molar-refractivity contribution < 1.29 is 14.4 Å². The van der Waals surface area contributed by atoms with Crippen LogP contribution in [0.2, 0.25) is 0 Å². The van der Waals surface area contributed by atoms with Crippen LogP contribution in [0, 0.1) is 0 Å². The van der Waals surface area contributed by atoms with Crippen LogP contribution >= 0.6 is 11.3 Å². The van der Waals surface area contributed by atoms with Crippen LogP contribution in [-0.2, 0) is 9.59 Å². The van der Waals surface area contributed by atoms with E-state index >= 15 is 0 Å². The molecule has 0 fully saturated rings. The fourth-order valence-electron chi connectivity index (χ4n) is 3.21. The molecule has 0 bridgehead atoms. The van der Waals surface area contributed by atoms with E-state index in [0.29, 0.717) is 4.88 Å². The standard InChI is InChI=1S/C23H24N2O3S/c1-16(18-9-4-7-17-6-2-3-8-19(17)18)25-23(28)13-14-24-22(27)12-11-20(26)21-10-5-15-29-21/h2-10,15-16H,11-14H2,1H3,(H,24,27)(H,25,28)/t16-/m0/s1. The van der Waals surface area contributed by atoms with E-state index in [2.05, 4.69) is 10.6 Å². The number of hydrogen-bond acceptors (Lipinski definition) is 4. The van der Waals surface area contributed by atoms with Gasteiger partial charge in [0, 0.05) is 25.8 Å². The van der Waals surface area contributed by atoms with Gasteiger partial charge in [-0.2, -0.15) is 0 Å². The third kappa shape index (κ3) is 5.74. The number of Topliss-reactive ketones (excluding diaryl/α,β-unsaturated/α-hetero) is 1. The van der Waals surface area contributed by atoms with Gasteiger partial charge in [0.1, 0.15) is 0 Å². The Morgan fingerprint density at radius 2 is 1.69 bits per heavy atom. The summed E-state index contributed by atoms with van der Waals surface area (Å²) in [5, 5.41) is 9.79. The number of carbonyl (C=O) groups excluding carboxylic acids is 3. The first-order chi connectivity index (χ1) is 14.0. The summed E-state index contributed by atoms with van der Waals surface area (Å²) >= 11 is 1.37. The zero-order chi connectivity index (χ0) is 20.6. The largest absolute Gasteiger partial charge is 0.356 e. The summed E-state index contributed by atoms with van der Waals surface area (Å²) in [7, 11) is 0. The summed E-state index contributed by atoms with van der Waals surface area (Å²) in [6.45, 7) is 2.20. The Morgan fingerprint density at radius 3 is 2.48 bits per heavy atom. The number of nitrogens with one attached hydrogen (secondary N) is 2. The lowest BCUT2D eigenvalue weighted by atomic mass is 9.99. The SMILES string of the molecule is C[C@H](NC(=O)CCNC(=O)CCC(=O)c1cccs1)c1cccc2ccccc12. The van der Waals surface area contributed by atoms with E-state index < -0.39 is 0 Å². The minimum absolute atomic E-state index is 0.0307. The van der Waals surface area contributed by atoms with Gasteiger partial charge in [-0.1, -0.05) is 48.5 Å². The zero-order valence-electron chi connectivity index (χ0n) is 16.3. The summed E-state index contributed by atoms with van der Waals surface area (Å²) < 4.78 is 0. The number of thiophene rings is 1. The number of benzene rings is 2. The smallest absolute Gasteiger partial charge is 0.222 e. The number of fused-ring (bicyclic) bond motifs is 1. The van der Waals surface area contributed by atoms with E-state index in [0.717, 1.165) is 16.3 Å². The Labute approximate surface area is 174 Å². The lowest BCUT2D eigenvalue weighted by molar-refractivity contribution is -0.122. The quantitative estimate of drug-likeness (QED) is 0.520. The molecule has 0 saturated carbocycles. The van der Waals surface area contributed by atoms with Crippen LogP contribution in [0.15, 0.2) is 60.0 Å². The highest BCUT2D eigenvalue weighted by molar-refractivity contribution is 7.12. The molecule has 0 unspecified atom stereocenters. The Morgan fingerprint density at radius 1 is 0.897 bits per heavy atom. The topological polar surface area (TPSA) is 75.3 Å². The molecule has 3 rings (SSSR count). The van der Waals surface area contributed by atoms with Gasteiger partial charge in [0.05, 0.1) is 10.9 Å². The highest BCUT2D eigenvalue weighted by Gasteiger charge is 2.13. The summed E-state index contributed by atoms with van der Waals surface area (Å²) in [5.74, 6) is -0.373. The lowest BCUT2D eigenvalue weighted by Crippen LogP contribution is -2.32. The molecular weight excluding hydrogens is 384 g/mol. The fraction of sp³-hybridized carbons (Fsp3) is 0.261. The van der Waals surface area contributed by atoms with Crippen molar-refractivity contribution >= 4 is 39.7 Å². The van der Waals surface area contributed by atoms with Gasteiger partial charge in [0.25, 0.3) is 0 Å². The third-order valence-corrected chi connectivity index (χ3v) is 5.63. The molecule has 3 aromatic rings. The Bertz CT molecular complexity index is 993. The molecule has 5 nitrogen and oxygen atoms in total. The Kier molecular flexibility index (Phi) is 7.14. The molecule has 0 radical (unpaired) electrons. The molecule has 0 aliphatic rings. The van der Waals surface area contributed by atoms with E-state index in [1.165, 1.54) is 11.3 Å². The molecule has 1 aromatic heterocycles. The van der Waals surface area contributed by atoms with E-state index in [1.807, 2.05) is 60.8 Å². The molecule has 1 atom stereocenters. The average molecular weight is 409 g/mol. The number of hydrogen-bond donors (Lipinski definition) is 2. The zero-order valence-corrected chi connectivity index (χ0v) is 17.1. The highest BCUT2D eigenvalue weighted by atomic mass is 32.1. The van der Waals surface area contributed by atoms with Gasteiger partial charge >= 0.3 is 0 Å². The Hall–Kier alpha value is -2.99. The van der Waals surface area contributed by atoms with Crippen molar-refractivity contribution in [1.29, 1.82) is 0 Å². The van der Waals surface area contributed by atoms with Crippen molar-refractivity contribution in [2.24, 2.45) is 0 Å². The molecule has 29 heavy (non-hydrogen) atoms. The van der Waals surface area contributed by atoms with Crippen LogP contribution in [0.1, 0.15) is 47.5 Å². The Balaban J connectivity index is 1.41. The van der Waals surface area contributed by atoms with Gasteiger partial charge in [-0.15, -0.1) is 11.3 Å². The molecule has 2 N–H and O–H groups in total. The first kappa shape index (κ1) is 20.7. The maximum atomic E-state index is 12.3. The maximum absolute atomic E-state index is 12.3. The lowest BCUT2D eigenvalue weighted by Gasteiger charge is -2.17. The van der Waals surface area contributed by atoms with Gasteiger partial charge in [-0.25, -0.2) is 0 Å². The van der Waals surface area contributed by atoms with E-state index in [1.54, 1.807) is 6.07 Å². The third-order valence-electron chi connectivity index (χ3n) is 4.72. The van der Waals surface area contributed by atoms with Crippen molar-refractivity contribution in [3.8, 4) is 0 Å². The van der Waals surface area contributed by atoms with Gasteiger partial charge in [-0.05, 0) is 34.7 Å². The average Bonchev–Trinajstić information content (AvgIpc) is 3.26. The molecule has 0 saturated heterocycles. The van der Waals surface area contributed by atoms with Crippen LogP contribution in [0.25, 0.3) is 10.8 Å². The van der Waals surface area contributed by atoms with E-state index in [4.69, 9.17) is 0 Å². The normalized spacial score (nSPS) is 11.8. The summed E-state index contributed by atoms with van der Waals surface area (Å²) in [6.07, 6.45) is 0.501. The minimum atomic E-state index is -0.218. The second-order valence-corrected chi connectivity index (χ2v) is 7.81. The van der Waals surface area contributed by atoms with Crippen molar-refractivity contribution in [2.75, 3.05) is 6.54 Å². The highest BCUT2D eigenvalue weighted by Crippen LogP contribution is 2.24. The van der Waals surface area contributed by atoms with Crippen LogP contribution < -0.4 is 10.6 Å². The van der Waals surface area contributed by atoms with Crippen molar-refractivity contribution in [3.05, 3.63) is 70.4 Å². The molecular formula is C23H24N2O3S. The number of ketones is 1. The van der Waals surface area contributed by atoms with Gasteiger partial charge in [0.2, 0.25) is 11.8 Å². The predicted molar refractivity (Wildman–Crippen MR) is 116 cm³/mol. The maximum Gasteiger partial charge on any atom is 0.222 e. The molecule has 2 aromatic carbocycles. The van der Waals surface area contributed by atoms with E-state index in [-0.39, 0.29) is 49.4 Å². The van der Waals surface area contributed by atoms with E-state index in [9.17, 15) is 14.4 Å². The number of carbonyl (C=O) groups is 3. The first-order valence-corrected chi connectivity index (χ1v) is 10.5. The monoisotopic (exact) mass is 408 g/mol. The predicted octanol–water partition coefficient (Wildman–Crippen LogP) is 4.25. The number of amides is 2. The summed E-state index contributed by atoms with van der Waals surface area (Å²) in [5.41, 5.74) is 1.06. The van der Waals surface area contributed by atoms with Gasteiger partial charge in [-0.3, -0.25) is 14.4 Å². The van der Waals surface area contributed by atoms with Gasteiger partial charge in [0.15, 0.2) is 5.78 Å². The molecule has 150 valence electrons. The molecule has 0 spiro atoms. The molecule has 2 amide bonds. The van der Waals surface area contributed by atoms with Gasteiger partial charge < -0.3 is 10.6 Å². The van der Waals surface area contributed by atoms with Crippen molar-refractivity contribution in [2.45, 2.75) is 32.2 Å². The minimum Gasteiger partial charge on any atom is -0.356 e. The molecule has 1 heterocycles. The van der Waals surface area contributed by atoms with Crippen molar-refractivity contribution in [3.63, 3.8) is 0 Å². The first-order valence-electron chi connectivity index (χ1n) is 9.65. The second-order valence-electron chi connectivity index (χ2n) is 6.86.